The van der Waals surface area contributed by atoms with Crippen LogP contribution < -0.4 is 5.32 Å². The largest absolute Gasteiger partial charge is 0.347 e. The third-order valence-corrected chi connectivity index (χ3v) is 6.01. The number of aromatic nitrogens is 2. The highest BCUT2D eigenvalue weighted by molar-refractivity contribution is 5.94. The fraction of sp³-hybridized carbons (Fsp3) is 0.522. The summed E-state index contributed by atoms with van der Waals surface area (Å²) >= 11 is 0. The zero-order valence-electron chi connectivity index (χ0n) is 18.2. The number of likely N-dealkylation sites (tertiary alicyclic amines) is 1. The minimum Gasteiger partial charge on any atom is -0.347 e. The van der Waals surface area contributed by atoms with Crippen molar-refractivity contribution < 1.29 is 18.0 Å². The zero-order valence-corrected chi connectivity index (χ0v) is 18.2. The van der Waals surface area contributed by atoms with Gasteiger partial charge >= 0.3 is 0 Å². The number of benzene rings is 1. The number of nitrogens with one attached hydrogen (secondary N) is 1. The lowest BCUT2D eigenvalue weighted by Gasteiger charge is -2.28. The van der Waals surface area contributed by atoms with Crippen LogP contribution in [-0.4, -0.2) is 33.9 Å². The lowest BCUT2D eigenvalue weighted by molar-refractivity contribution is 0.0765. The Hall–Kier alpha value is -2.64. The molecule has 0 bridgehead atoms. The number of rotatable bonds is 8. The van der Waals surface area contributed by atoms with E-state index in [1.165, 1.54) is 19.3 Å². The second-order valence-electron chi connectivity index (χ2n) is 8.42. The predicted octanol–water partition coefficient (Wildman–Crippen LogP) is 5.50. The van der Waals surface area contributed by atoms with Gasteiger partial charge in [0.05, 0.1) is 11.6 Å². The Morgan fingerprint density at radius 2 is 1.71 bits per heavy atom. The number of amides is 1. The number of carbonyl (C=O) groups excluding carboxylic acids is 1. The van der Waals surface area contributed by atoms with E-state index >= 15 is 0 Å². The molecule has 1 aliphatic rings. The first-order chi connectivity index (χ1) is 14.8. The van der Waals surface area contributed by atoms with Crippen LogP contribution in [0.4, 0.5) is 19.1 Å². The summed E-state index contributed by atoms with van der Waals surface area (Å²) in [6.45, 7) is 7.33. The summed E-state index contributed by atoms with van der Waals surface area (Å²) in [6.07, 6.45) is 8.25. The molecule has 1 amide bonds. The molecule has 31 heavy (non-hydrogen) atoms. The van der Waals surface area contributed by atoms with Crippen molar-refractivity contribution in [3.63, 3.8) is 0 Å². The van der Waals surface area contributed by atoms with E-state index < -0.39 is 23.5 Å². The second-order valence-corrected chi connectivity index (χ2v) is 8.42. The summed E-state index contributed by atoms with van der Waals surface area (Å²) < 4.78 is 41.1. The maximum Gasteiger partial charge on any atom is 0.257 e. The molecule has 1 aromatic heterocycles. The molecule has 1 unspecified atom stereocenters. The number of halogens is 3. The molecule has 5 nitrogen and oxygen atoms in total. The zero-order chi connectivity index (χ0) is 22.6. The van der Waals surface area contributed by atoms with E-state index in [0.29, 0.717) is 17.7 Å². The smallest absolute Gasteiger partial charge is 0.257 e. The first kappa shape index (κ1) is 23.0. The Labute approximate surface area is 181 Å². The molecule has 168 valence electrons. The van der Waals surface area contributed by atoms with Crippen LogP contribution in [0.2, 0.25) is 0 Å². The highest BCUT2D eigenvalue weighted by Crippen LogP contribution is 2.39. The lowest BCUT2D eigenvalue weighted by Crippen LogP contribution is -2.32. The van der Waals surface area contributed by atoms with Crippen molar-refractivity contribution in [2.24, 2.45) is 5.41 Å². The van der Waals surface area contributed by atoms with Crippen molar-refractivity contribution >= 4 is 11.9 Å². The van der Waals surface area contributed by atoms with Gasteiger partial charge < -0.3 is 10.2 Å². The molecule has 1 atom stereocenters. The summed E-state index contributed by atoms with van der Waals surface area (Å²) in [7, 11) is 0. The summed E-state index contributed by atoms with van der Waals surface area (Å²) in [5, 5.41) is 2.79. The van der Waals surface area contributed by atoms with Gasteiger partial charge in [-0.2, -0.15) is 0 Å². The topological polar surface area (TPSA) is 58.1 Å². The highest BCUT2D eigenvalue weighted by Gasteiger charge is 2.38. The van der Waals surface area contributed by atoms with Crippen LogP contribution in [0.3, 0.4) is 0 Å². The van der Waals surface area contributed by atoms with E-state index in [2.05, 4.69) is 29.1 Å². The molecular formula is C23H29F3N4O. The Balaban J connectivity index is 1.67. The molecule has 2 aromatic rings. The quantitative estimate of drug-likeness (QED) is 0.596. The maximum absolute atomic E-state index is 14.0. The summed E-state index contributed by atoms with van der Waals surface area (Å²) in [6, 6.07) is 0.433. The van der Waals surface area contributed by atoms with Crippen LogP contribution in [0, 0.1) is 22.9 Å². The SMILES string of the molecule is CCCC1(CCC)CCN(C(=O)c2cnc(NC(C)c3c(F)cc(F)cc3F)nc2)C1. The molecule has 1 N–H and O–H groups in total. The van der Waals surface area contributed by atoms with Gasteiger partial charge in [-0.05, 0) is 31.6 Å². The van der Waals surface area contributed by atoms with Crippen molar-refractivity contribution in [1.29, 1.82) is 0 Å². The third kappa shape index (κ3) is 5.17. The van der Waals surface area contributed by atoms with Crippen molar-refractivity contribution in [3.8, 4) is 0 Å². The van der Waals surface area contributed by atoms with E-state index in [1.54, 1.807) is 0 Å². The predicted molar refractivity (Wildman–Crippen MR) is 113 cm³/mol. The first-order valence-corrected chi connectivity index (χ1v) is 10.8. The number of hydrogen-bond donors (Lipinski definition) is 1. The molecule has 2 heterocycles. The first-order valence-electron chi connectivity index (χ1n) is 10.8. The number of anilines is 1. The van der Waals surface area contributed by atoms with Gasteiger partial charge in [0.2, 0.25) is 5.95 Å². The van der Waals surface area contributed by atoms with E-state index in [-0.39, 0.29) is 22.8 Å². The van der Waals surface area contributed by atoms with Crippen LogP contribution >= 0.6 is 0 Å². The summed E-state index contributed by atoms with van der Waals surface area (Å²) in [5.41, 5.74) is 0.270. The molecule has 1 fully saturated rings. The average Bonchev–Trinajstić information content (AvgIpc) is 3.11. The monoisotopic (exact) mass is 434 g/mol. The number of hydrogen-bond acceptors (Lipinski definition) is 4. The van der Waals surface area contributed by atoms with E-state index in [1.807, 2.05) is 4.90 Å². The molecule has 1 aromatic carbocycles. The molecular weight excluding hydrogens is 405 g/mol. The Morgan fingerprint density at radius 1 is 1.13 bits per heavy atom. The molecule has 1 aliphatic heterocycles. The van der Waals surface area contributed by atoms with Crippen molar-refractivity contribution in [2.45, 2.75) is 58.9 Å². The molecule has 0 spiro atoms. The fourth-order valence-corrected chi connectivity index (χ4v) is 4.63. The molecule has 8 heteroatoms. The number of carbonyl (C=O) groups is 1. The van der Waals surface area contributed by atoms with Gasteiger partial charge in [-0.3, -0.25) is 4.79 Å². The van der Waals surface area contributed by atoms with Gasteiger partial charge in [0.15, 0.2) is 0 Å². The number of nitrogens with zero attached hydrogens (tertiary/aromatic N) is 3. The Bertz CT molecular complexity index is 891. The maximum atomic E-state index is 14.0. The summed E-state index contributed by atoms with van der Waals surface area (Å²) in [4.78, 5) is 23.0. The summed E-state index contributed by atoms with van der Waals surface area (Å²) in [5.74, 6) is -2.93. The van der Waals surface area contributed by atoms with Gasteiger partial charge in [-0.25, -0.2) is 23.1 Å². The normalized spacial score (nSPS) is 16.4. The van der Waals surface area contributed by atoms with Crippen LogP contribution in [-0.2, 0) is 0 Å². The minimum atomic E-state index is -0.985. The molecule has 1 saturated heterocycles. The van der Waals surface area contributed by atoms with Crippen LogP contribution in [0.5, 0.6) is 0 Å². The average molecular weight is 435 g/mol. The fourth-order valence-electron chi connectivity index (χ4n) is 4.63. The molecule has 0 radical (unpaired) electrons. The standard InChI is InChI=1S/C23H29F3N4O/c1-4-6-23(7-5-2)8-9-30(14-23)21(31)16-12-27-22(28-13-16)29-15(3)20-18(25)10-17(24)11-19(20)26/h10-13,15H,4-9,14H2,1-3H3,(H,27,28,29). The van der Waals surface area contributed by atoms with E-state index in [9.17, 15) is 18.0 Å². The minimum absolute atomic E-state index is 0.107. The van der Waals surface area contributed by atoms with Crippen LogP contribution in [0.1, 0.15) is 74.8 Å². The molecule has 0 aliphatic carbocycles. The van der Waals surface area contributed by atoms with E-state index in [0.717, 1.165) is 45.2 Å². The van der Waals surface area contributed by atoms with Gasteiger partial charge in [-0.15, -0.1) is 0 Å². The Morgan fingerprint density at radius 3 is 2.26 bits per heavy atom. The third-order valence-electron chi connectivity index (χ3n) is 6.01. The van der Waals surface area contributed by atoms with Gasteiger partial charge in [-0.1, -0.05) is 26.7 Å². The van der Waals surface area contributed by atoms with Crippen molar-refractivity contribution in [1.82, 2.24) is 14.9 Å². The second kappa shape index (κ2) is 9.66. The lowest BCUT2D eigenvalue weighted by atomic mass is 9.78. The molecule has 0 saturated carbocycles. The highest BCUT2D eigenvalue weighted by atomic mass is 19.1. The van der Waals surface area contributed by atoms with Gasteiger partial charge in [0.1, 0.15) is 17.5 Å². The van der Waals surface area contributed by atoms with Crippen LogP contribution in [0.25, 0.3) is 0 Å². The van der Waals surface area contributed by atoms with Gasteiger partial charge in [0, 0.05) is 43.2 Å². The van der Waals surface area contributed by atoms with Crippen molar-refractivity contribution in [2.75, 3.05) is 18.4 Å². The van der Waals surface area contributed by atoms with Crippen molar-refractivity contribution in [3.05, 3.63) is 53.1 Å². The Kier molecular flexibility index (Phi) is 7.18. The van der Waals surface area contributed by atoms with Crippen LogP contribution in [0.15, 0.2) is 24.5 Å². The van der Waals surface area contributed by atoms with Gasteiger partial charge in [0.25, 0.3) is 5.91 Å². The molecule has 3 rings (SSSR count). The van der Waals surface area contributed by atoms with E-state index in [4.69, 9.17) is 0 Å².